The molecule has 1 amide bonds. The molecule has 9 heteroatoms. The Bertz CT molecular complexity index is 1500. The first-order valence-electron chi connectivity index (χ1n) is 15.0. The first kappa shape index (κ1) is 29.3. The van der Waals surface area contributed by atoms with E-state index in [1.54, 1.807) is 24.3 Å². The van der Waals surface area contributed by atoms with Gasteiger partial charge in [-0.25, -0.2) is 4.79 Å². The highest BCUT2D eigenvalue weighted by Crippen LogP contribution is 2.61. The second-order valence-electron chi connectivity index (χ2n) is 13.0. The van der Waals surface area contributed by atoms with Crippen molar-refractivity contribution in [1.82, 2.24) is 5.32 Å². The SMILES string of the molecule is CC(C)Oc1ccc2c(OCc3ccc(C(F)(F)F)cc3)c(C(=O)N[C@H](C(=O)O)C34CC5CC(CC(C5)C3)C4)ccc2c1. The Morgan fingerprint density at radius 3 is 2.14 bits per heavy atom. The van der Waals surface area contributed by atoms with Crippen molar-refractivity contribution in [3.63, 3.8) is 0 Å². The third-order valence-electron chi connectivity index (χ3n) is 9.44. The molecule has 43 heavy (non-hydrogen) atoms. The summed E-state index contributed by atoms with van der Waals surface area (Å²) in [5, 5.41) is 14.6. The normalized spacial score (nSPS) is 25.1. The van der Waals surface area contributed by atoms with Crippen molar-refractivity contribution in [1.29, 1.82) is 0 Å². The molecule has 6 nitrogen and oxygen atoms in total. The van der Waals surface area contributed by atoms with Crippen LogP contribution in [0.1, 0.15) is 73.9 Å². The van der Waals surface area contributed by atoms with E-state index in [-0.39, 0.29) is 24.0 Å². The zero-order valence-electron chi connectivity index (χ0n) is 24.2. The van der Waals surface area contributed by atoms with Crippen LogP contribution in [-0.4, -0.2) is 29.1 Å². The molecule has 0 aromatic heterocycles. The number of carboxylic acids is 1. The molecule has 4 aliphatic carbocycles. The standard InChI is InChI=1S/C34H36F3NO5/c1-19(2)43-26-8-10-27-24(14-26)5-9-28(29(27)42-18-20-3-6-25(7-4-20)34(35,36)37)31(39)38-30(32(40)41)33-15-21-11-22(16-33)13-23(12-21)17-33/h3-10,14,19,21-23,30H,11-13,15-18H2,1-2H3,(H,38,39)(H,40,41)/t21?,22?,23?,30-,33?/m1/s1. The van der Waals surface area contributed by atoms with Gasteiger partial charge in [-0.1, -0.05) is 18.2 Å². The minimum Gasteiger partial charge on any atom is -0.491 e. The van der Waals surface area contributed by atoms with Crippen LogP contribution >= 0.6 is 0 Å². The Hall–Kier alpha value is -3.75. The van der Waals surface area contributed by atoms with Gasteiger partial charge in [0.2, 0.25) is 0 Å². The number of alkyl halides is 3. The van der Waals surface area contributed by atoms with Crippen molar-refractivity contribution in [2.24, 2.45) is 23.2 Å². The van der Waals surface area contributed by atoms with E-state index in [2.05, 4.69) is 5.32 Å². The molecule has 4 aliphatic rings. The molecule has 7 rings (SSSR count). The molecule has 4 saturated carbocycles. The number of hydrogen-bond acceptors (Lipinski definition) is 4. The van der Waals surface area contributed by atoms with Crippen LogP contribution in [-0.2, 0) is 17.6 Å². The number of fused-ring (bicyclic) bond motifs is 1. The van der Waals surface area contributed by atoms with Crippen LogP contribution in [0.4, 0.5) is 13.2 Å². The highest BCUT2D eigenvalue weighted by molar-refractivity contribution is 6.05. The summed E-state index contributed by atoms with van der Waals surface area (Å²) in [6, 6.07) is 12.4. The summed E-state index contributed by atoms with van der Waals surface area (Å²) < 4.78 is 51.2. The zero-order valence-corrected chi connectivity index (χ0v) is 24.2. The van der Waals surface area contributed by atoms with Gasteiger partial charge in [-0.3, -0.25) is 4.79 Å². The van der Waals surface area contributed by atoms with Crippen molar-refractivity contribution in [3.05, 3.63) is 71.3 Å². The third-order valence-corrected chi connectivity index (χ3v) is 9.44. The van der Waals surface area contributed by atoms with Crippen LogP contribution in [0.25, 0.3) is 10.8 Å². The molecule has 0 radical (unpaired) electrons. The summed E-state index contributed by atoms with van der Waals surface area (Å²) >= 11 is 0. The molecular weight excluding hydrogens is 559 g/mol. The Labute approximate surface area is 248 Å². The van der Waals surface area contributed by atoms with Crippen molar-refractivity contribution in [2.75, 3.05) is 0 Å². The van der Waals surface area contributed by atoms with Gasteiger partial charge in [0.05, 0.1) is 17.2 Å². The lowest BCUT2D eigenvalue weighted by Gasteiger charge is -2.58. The molecule has 4 bridgehead atoms. The molecule has 1 atom stereocenters. The van der Waals surface area contributed by atoms with Gasteiger partial charge in [0.1, 0.15) is 24.1 Å². The van der Waals surface area contributed by atoms with Crippen LogP contribution in [0, 0.1) is 23.2 Å². The minimum atomic E-state index is -4.45. The van der Waals surface area contributed by atoms with Gasteiger partial charge in [-0.2, -0.15) is 13.2 Å². The topological polar surface area (TPSA) is 84.9 Å². The monoisotopic (exact) mass is 595 g/mol. The van der Waals surface area contributed by atoms with Crippen molar-refractivity contribution >= 4 is 22.6 Å². The lowest BCUT2D eigenvalue weighted by molar-refractivity contribution is -0.150. The molecule has 0 spiro atoms. The Morgan fingerprint density at radius 2 is 1.58 bits per heavy atom. The summed E-state index contributed by atoms with van der Waals surface area (Å²) in [4.78, 5) is 26.6. The molecule has 3 aromatic rings. The van der Waals surface area contributed by atoms with E-state index in [9.17, 15) is 27.9 Å². The van der Waals surface area contributed by atoms with Crippen molar-refractivity contribution in [2.45, 2.75) is 77.3 Å². The highest BCUT2D eigenvalue weighted by atomic mass is 19.4. The van der Waals surface area contributed by atoms with Gasteiger partial charge in [-0.15, -0.1) is 0 Å². The molecule has 0 aliphatic heterocycles. The number of carboxylic acid groups (broad SMARTS) is 1. The second kappa shape index (κ2) is 11.1. The Morgan fingerprint density at radius 1 is 0.953 bits per heavy atom. The first-order valence-corrected chi connectivity index (χ1v) is 15.0. The minimum absolute atomic E-state index is 0.0459. The number of nitrogens with one attached hydrogen (secondary N) is 1. The molecule has 3 aromatic carbocycles. The number of carbonyl (C=O) groups excluding carboxylic acids is 1. The number of rotatable bonds is 9. The fraction of sp³-hybridized carbons (Fsp3) is 0.471. The third kappa shape index (κ3) is 5.91. The van der Waals surface area contributed by atoms with Crippen LogP contribution in [0.15, 0.2) is 54.6 Å². The summed E-state index contributed by atoms with van der Waals surface area (Å²) in [7, 11) is 0. The van der Waals surface area contributed by atoms with Crippen molar-refractivity contribution < 1.29 is 37.3 Å². The van der Waals surface area contributed by atoms with Gasteiger partial charge >= 0.3 is 12.1 Å². The van der Waals surface area contributed by atoms with E-state index in [0.29, 0.717) is 34.5 Å². The van der Waals surface area contributed by atoms with E-state index in [0.717, 1.165) is 56.0 Å². The maximum Gasteiger partial charge on any atom is 0.416 e. The van der Waals surface area contributed by atoms with E-state index in [1.165, 1.54) is 12.1 Å². The highest BCUT2D eigenvalue weighted by Gasteiger charge is 2.56. The van der Waals surface area contributed by atoms with Crippen molar-refractivity contribution in [3.8, 4) is 11.5 Å². The van der Waals surface area contributed by atoms with Gasteiger partial charge in [0.25, 0.3) is 5.91 Å². The van der Waals surface area contributed by atoms with E-state index < -0.39 is 35.1 Å². The lowest BCUT2D eigenvalue weighted by atomic mass is 9.47. The van der Waals surface area contributed by atoms with E-state index in [1.807, 2.05) is 19.9 Å². The largest absolute Gasteiger partial charge is 0.491 e. The van der Waals surface area contributed by atoms with E-state index >= 15 is 0 Å². The summed E-state index contributed by atoms with van der Waals surface area (Å²) in [5.41, 5.74) is -0.554. The number of carbonyl (C=O) groups is 2. The quantitative estimate of drug-likeness (QED) is 0.266. The smallest absolute Gasteiger partial charge is 0.416 e. The van der Waals surface area contributed by atoms with Crippen LogP contribution in [0.5, 0.6) is 11.5 Å². The Balaban J connectivity index is 1.32. The predicted molar refractivity (Wildman–Crippen MR) is 155 cm³/mol. The summed E-state index contributed by atoms with van der Waals surface area (Å²) in [6.07, 6.45) is 1.37. The fourth-order valence-corrected chi connectivity index (χ4v) is 8.12. The van der Waals surface area contributed by atoms with Gasteiger partial charge in [0.15, 0.2) is 0 Å². The molecule has 4 fully saturated rings. The number of benzene rings is 3. The van der Waals surface area contributed by atoms with Gasteiger partial charge < -0.3 is 19.9 Å². The lowest BCUT2D eigenvalue weighted by Crippen LogP contribution is -2.59. The van der Waals surface area contributed by atoms with Crippen LogP contribution < -0.4 is 14.8 Å². The molecule has 228 valence electrons. The maximum atomic E-state index is 13.9. The number of aliphatic carboxylic acids is 1. The zero-order chi connectivity index (χ0) is 30.5. The second-order valence-corrected chi connectivity index (χ2v) is 13.0. The average molecular weight is 596 g/mol. The predicted octanol–water partition coefficient (Wildman–Crippen LogP) is 7.62. The fourth-order valence-electron chi connectivity index (χ4n) is 8.12. The number of amides is 1. The van der Waals surface area contributed by atoms with Crippen LogP contribution in [0.2, 0.25) is 0 Å². The van der Waals surface area contributed by atoms with Gasteiger partial charge in [-0.05, 0) is 117 Å². The molecule has 0 saturated heterocycles. The number of hydrogen-bond donors (Lipinski definition) is 2. The summed E-state index contributed by atoms with van der Waals surface area (Å²) in [5.74, 6) is 0.831. The van der Waals surface area contributed by atoms with Crippen LogP contribution in [0.3, 0.4) is 0 Å². The molecule has 0 unspecified atom stereocenters. The average Bonchev–Trinajstić information content (AvgIpc) is 2.92. The summed E-state index contributed by atoms with van der Waals surface area (Å²) in [6.45, 7) is 3.75. The molecule has 0 heterocycles. The number of ether oxygens (including phenoxy) is 2. The maximum absolute atomic E-state index is 13.9. The molecule has 2 N–H and O–H groups in total. The van der Waals surface area contributed by atoms with Gasteiger partial charge in [0, 0.05) is 10.8 Å². The first-order chi connectivity index (χ1) is 20.4. The number of halogens is 3. The van der Waals surface area contributed by atoms with E-state index in [4.69, 9.17) is 9.47 Å². The molecular formula is C34H36F3NO5. The Kier molecular flexibility index (Phi) is 7.55.